The number of hydrogen-bond acceptors (Lipinski definition) is 2. The zero-order valence-electron chi connectivity index (χ0n) is 10.2. The molecule has 0 aliphatic carbocycles. The monoisotopic (exact) mass is 254 g/mol. The Bertz CT molecular complexity index is 451. The van der Waals surface area contributed by atoms with Crippen LogP contribution in [0.5, 0.6) is 0 Å². The minimum atomic E-state index is -1.00. The zero-order chi connectivity index (χ0) is 13.1. The Morgan fingerprint density at radius 2 is 2.17 bits per heavy atom. The molecule has 0 bridgehead atoms. The standard InChI is InChI=1S/C13H16F2N2O/c1-8-12(3-2-6-16-8)17-13(18)9-4-5-10(14)11(15)7-9/h4-5,7-8,12,16H,2-3,6H2,1H3,(H,17,18). The molecule has 1 aliphatic heterocycles. The number of rotatable bonds is 2. The van der Waals surface area contributed by atoms with Gasteiger partial charge < -0.3 is 10.6 Å². The van der Waals surface area contributed by atoms with E-state index in [0.717, 1.165) is 31.5 Å². The molecule has 2 unspecified atom stereocenters. The van der Waals surface area contributed by atoms with Crippen molar-refractivity contribution < 1.29 is 13.6 Å². The highest BCUT2D eigenvalue weighted by Crippen LogP contribution is 2.12. The molecule has 0 saturated carbocycles. The number of carbonyl (C=O) groups is 1. The van der Waals surface area contributed by atoms with E-state index in [1.54, 1.807) is 0 Å². The summed E-state index contributed by atoms with van der Waals surface area (Å²) in [4.78, 5) is 11.9. The van der Waals surface area contributed by atoms with Crippen LogP contribution in [0.1, 0.15) is 30.1 Å². The van der Waals surface area contributed by atoms with Gasteiger partial charge in [-0.1, -0.05) is 0 Å². The Morgan fingerprint density at radius 3 is 2.83 bits per heavy atom. The number of carbonyl (C=O) groups excluding carboxylic acids is 1. The van der Waals surface area contributed by atoms with Gasteiger partial charge in [-0.15, -0.1) is 0 Å². The maximum absolute atomic E-state index is 13.0. The third-order valence-corrected chi connectivity index (χ3v) is 3.26. The van der Waals surface area contributed by atoms with Crippen LogP contribution >= 0.6 is 0 Å². The van der Waals surface area contributed by atoms with Gasteiger partial charge in [0, 0.05) is 17.6 Å². The van der Waals surface area contributed by atoms with Crippen LogP contribution in [0.4, 0.5) is 8.78 Å². The second kappa shape index (κ2) is 5.44. The van der Waals surface area contributed by atoms with Gasteiger partial charge in [-0.05, 0) is 44.5 Å². The van der Waals surface area contributed by atoms with Gasteiger partial charge in [0.25, 0.3) is 5.91 Å². The van der Waals surface area contributed by atoms with E-state index < -0.39 is 11.6 Å². The number of halogens is 2. The molecule has 0 spiro atoms. The predicted octanol–water partition coefficient (Wildman–Crippen LogP) is 1.84. The second-order valence-corrected chi connectivity index (χ2v) is 4.59. The first-order valence-electron chi connectivity index (χ1n) is 6.07. The maximum atomic E-state index is 13.0. The van der Waals surface area contributed by atoms with Gasteiger partial charge in [0.05, 0.1) is 0 Å². The summed E-state index contributed by atoms with van der Waals surface area (Å²) in [5.74, 6) is -2.31. The summed E-state index contributed by atoms with van der Waals surface area (Å²) in [5, 5.41) is 6.10. The van der Waals surface area contributed by atoms with Crippen molar-refractivity contribution in [2.24, 2.45) is 0 Å². The van der Waals surface area contributed by atoms with Crippen molar-refractivity contribution in [1.29, 1.82) is 0 Å². The summed E-state index contributed by atoms with van der Waals surface area (Å²) in [6.45, 7) is 2.94. The zero-order valence-corrected chi connectivity index (χ0v) is 10.2. The Hall–Kier alpha value is -1.49. The molecule has 2 N–H and O–H groups in total. The molecule has 0 aromatic heterocycles. The van der Waals surface area contributed by atoms with Gasteiger partial charge in [0.15, 0.2) is 11.6 Å². The molecule has 3 nitrogen and oxygen atoms in total. The highest BCUT2D eigenvalue weighted by atomic mass is 19.2. The van der Waals surface area contributed by atoms with Crippen LogP contribution in [0.2, 0.25) is 0 Å². The van der Waals surface area contributed by atoms with Crippen LogP contribution < -0.4 is 10.6 Å². The van der Waals surface area contributed by atoms with Gasteiger partial charge in [-0.3, -0.25) is 4.79 Å². The summed E-state index contributed by atoms with van der Waals surface area (Å²) < 4.78 is 25.8. The molecule has 1 aromatic rings. The molecular formula is C13H16F2N2O. The van der Waals surface area contributed by atoms with E-state index in [2.05, 4.69) is 10.6 Å². The molecule has 1 amide bonds. The summed E-state index contributed by atoms with van der Waals surface area (Å²) in [6, 6.07) is 3.39. The lowest BCUT2D eigenvalue weighted by Gasteiger charge is -2.30. The van der Waals surface area contributed by atoms with Crippen molar-refractivity contribution in [2.45, 2.75) is 31.8 Å². The first kappa shape index (κ1) is 13.0. The van der Waals surface area contributed by atoms with E-state index in [4.69, 9.17) is 0 Å². The number of benzene rings is 1. The van der Waals surface area contributed by atoms with Crippen molar-refractivity contribution in [3.8, 4) is 0 Å². The van der Waals surface area contributed by atoms with Crippen LogP contribution in [0, 0.1) is 11.6 Å². The summed E-state index contributed by atoms with van der Waals surface area (Å²) in [5.41, 5.74) is 0.145. The number of nitrogens with one attached hydrogen (secondary N) is 2. The van der Waals surface area contributed by atoms with Crippen LogP contribution in [0.15, 0.2) is 18.2 Å². The van der Waals surface area contributed by atoms with Gasteiger partial charge in [-0.25, -0.2) is 8.78 Å². The fourth-order valence-electron chi connectivity index (χ4n) is 2.13. The Labute approximate surface area is 105 Å². The van der Waals surface area contributed by atoms with Gasteiger partial charge in [0.1, 0.15) is 0 Å². The lowest BCUT2D eigenvalue weighted by Crippen LogP contribution is -2.51. The molecule has 18 heavy (non-hydrogen) atoms. The molecule has 0 radical (unpaired) electrons. The highest BCUT2D eigenvalue weighted by Gasteiger charge is 2.23. The molecule has 1 saturated heterocycles. The van der Waals surface area contributed by atoms with Crippen molar-refractivity contribution in [3.05, 3.63) is 35.4 Å². The van der Waals surface area contributed by atoms with E-state index in [9.17, 15) is 13.6 Å². The minimum Gasteiger partial charge on any atom is -0.348 e. The average molecular weight is 254 g/mol. The summed E-state index contributed by atoms with van der Waals surface area (Å²) in [7, 11) is 0. The number of piperidine rings is 1. The fourth-order valence-corrected chi connectivity index (χ4v) is 2.13. The smallest absolute Gasteiger partial charge is 0.251 e. The van der Waals surface area contributed by atoms with E-state index in [0.29, 0.717) is 0 Å². The third kappa shape index (κ3) is 2.85. The van der Waals surface area contributed by atoms with Gasteiger partial charge >= 0.3 is 0 Å². The lowest BCUT2D eigenvalue weighted by molar-refractivity contribution is 0.0919. The van der Waals surface area contributed by atoms with Gasteiger partial charge in [-0.2, -0.15) is 0 Å². The first-order chi connectivity index (χ1) is 8.58. The topological polar surface area (TPSA) is 41.1 Å². The highest BCUT2D eigenvalue weighted by molar-refractivity contribution is 5.94. The number of amides is 1. The normalized spacial score (nSPS) is 23.7. The molecule has 1 fully saturated rings. The molecule has 5 heteroatoms. The molecule has 1 aliphatic rings. The van der Waals surface area contributed by atoms with Crippen LogP contribution in [-0.2, 0) is 0 Å². The SMILES string of the molecule is CC1NCCCC1NC(=O)c1ccc(F)c(F)c1. The molecular weight excluding hydrogens is 238 g/mol. The Morgan fingerprint density at radius 1 is 1.39 bits per heavy atom. The van der Waals surface area contributed by atoms with E-state index in [1.807, 2.05) is 6.92 Å². The van der Waals surface area contributed by atoms with E-state index in [-0.39, 0.29) is 23.6 Å². The second-order valence-electron chi connectivity index (χ2n) is 4.59. The largest absolute Gasteiger partial charge is 0.348 e. The van der Waals surface area contributed by atoms with Gasteiger partial charge in [0.2, 0.25) is 0 Å². The third-order valence-electron chi connectivity index (χ3n) is 3.26. The van der Waals surface area contributed by atoms with Crippen molar-refractivity contribution >= 4 is 5.91 Å². The number of hydrogen-bond donors (Lipinski definition) is 2. The van der Waals surface area contributed by atoms with E-state index in [1.165, 1.54) is 6.07 Å². The lowest BCUT2D eigenvalue weighted by atomic mass is 9.99. The summed E-state index contributed by atoms with van der Waals surface area (Å²) in [6.07, 6.45) is 1.89. The molecule has 1 aromatic carbocycles. The predicted molar refractivity (Wildman–Crippen MR) is 64.3 cm³/mol. The van der Waals surface area contributed by atoms with Crippen molar-refractivity contribution in [1.82, 2.24) is 10.6 Å². The first-order valence-corrected chi connectivity index (χ1v) is 6.07. The molecule has 2 atom stereocenters. The van der Waals surface area contributed by atoms with Crippen LogP contribution in [0.25, 0.3) is 0 Å². The summed E-state index contributed by atoms with van der Waals surface area (Å²) >= 11 is 0. The molecule has 1 heterocycles. The van der Waals surface area contributed by atoms with E-state index >= 15 is 0 Å². The minimum absolute atomic E-state index is 0.0272. The molecule has 98 valence electrons. The van der Waals surface area contributed by atoms with Crippen molar-refractivity contribution in [3.63, 3.8) is 0 Å². The van der Waals surface area contributed by atoms with Crippen LogP contribution in [0.3, 0.4) is 0 Å². The quantitative estimate of drug-likeness (QED) is 0.845. The van der Waals surface area contributed by atoms with Crippen molar-refractivity contribution in [2.75, 3.05) is 6.54 Å². The fraction of sp³-hybridized carbons (Fsp3) is 0.462. The average Bonchev–Trinajstić information content (AvgIpc) is 2.35. The Kier molecular flexibility index (Phi) is 3.91. The molecule has 2 rings (SSSR count). The Balaban J connectivity index is 2.04. The van der Waals surface area contributed by atoms with Crippen LogP contribution in [-0.4, -0.2) is 24.5 Å². The maximum Gasteiger partial charge on any atom is 0.251 e.